The first-order chi connectivity index (χ1) is 11.0. The fourth-order valence-corrected chi connectivity index (χ4v) is 4.84. The molecule has 1 saturated heterocycles. The lowest BCUT2D eigenvalue weighted by atomic mass is 10.0. The van der Waals surface area contributed by atoms with Crippen molar-refractivity contribution in [3.05, 3.63) is 21.4 Å². The molecular formula is C18H29N3OS. The maximum Gasteiger partial charge on any atom is 0.261 e. The van der Waals surface area contributed by atoms with Crippen LogP contribution in [0, 0.1) is 5.92 Å². The highest BCUT2D eigenvalue weighted by molar-refractivity contribution is 7.14. The van der Waals surface area contributed by atoms with E-state index in [4.69, 9.17) is 0 Å². The predicted octanol–water partition coefficient (Wildman–Crippen LogP) is 2.24. The second-order valence-corrected chi connectivity index (χ2v) is 8.41. The van der Waals surface area contributed by atoms with Gasteiger partial charge in [0.15, 0.2) is 0 Å². The van der Waals surface area contributed by atoms with Crippen LogP contribution in [0.15, 0.2) is 6.07 Å². The maximum atomic E-state index is 12.5. The van der Waals surface area contributed by atoms with Crippen molar-refractivity contribution in [3.8, 4) is 0 Å². The van der Waals surface area contributed by atoms with Crippen molar-refractivity contribution in [1.82, 2.24) is 15.1 Å². The van der Waals surface area contributed by atoms with Gasteiger partial charge in [0.25, 0.3) is 5.91 Å². The summed E-state index contributed by atoms with van der Waals surface area (Å²) in [6.45, 7) is 9.71. The topological polar surface area (TPSA) is 35.6 Å². The Morgan fingerprint density at radius 2 is 2.00 bits per heavy atom. The van der Waals surface area contributed by atoms with Gasteiger partial charge in [0.2, 0.25) is 0 Å². The smallest absolute Gasteiger partial charge is 0.261 e. The molecule has 1 N–H and O–H groups in total. The number of fused-ring (bicyclic) bond motifs is 1. The van der Waals surface area contributed by atoms with Gasteiger partial charge in [0, 0.05) is 43.6 Å². The van der Waals surface area contributed by atoms with Crippen LogP contribution < -0.4 is 5.32 Å². The van der Waals surface area contributed by atoms with Gasteiger partial charge >= 0.3 is 0 Å². The molecule has 1 aromatic rings. The van der Waals surface area contributed by atoms with E-state index in [0.29, 0.717) is 12.0 Å². The van der Waals surface area contributed by atoms with E-state index < -0.39 is 0 Å². The lowest BCUT2D eigenvalue weighted by molar-refractivity contribution is 0.0793. The molecular weight excluding hydrogens is 306 g/mol. The number of nitrogens with zero attached hydrogens (tertiary/aromatic N) is 2. The zero-order valence-corrected chi connectivity index (χ0v) is 15.4. The molecule has 23 heavy (non-hydrogen) atoms. The molecule has 1 fully saturated rings. The predicted molar refractivity (Wildman–Crippen MR) is 96.4 cm³/mol. The molecule has 2 heterocycles. The summed E-state index contributed by atoms with van der Waals surface area (Å²) in [5.41, 5.74) is 1.40. The van der Waals surface area contributed by atoms with Gasteiger partial charge < -0.3 is 10.2 Å². The second kappa shape index (κ2) is 7.32. The van der Waals surface area contributed by atoms with E-state index >= 15 is 0 Å². The molecule has 1 atom stereocenters. The fourth-order valence-electron chi connectivity index (χ4n) is 3.67. The average Bonchev–Trinajstić information content (AvgIpc) is 3.10. The molecule has 1 amide bonds. The highest BCUT2D eigenvalue weighted by atomic mass is 32.1. The van der Waals surface area contributed by atoms with E-state index in [1.54, 1.807) is 11.3 Å². The number of amides is 1. The SMILES string of the molecule is CC(C)[C@H](CNC(=O)c1cc2c(s1)CCC2)N1CCN(C)CC1. The second-order valence-electron chi connectivity index (χ2n) is 7.27. The van der Waals surface area contributed by atoms with Crippen molar-refractivity contribution in [2.24, 2.45) is 5.92 Å². The van der Waals surface area contributed by atoms with Gasteiger partial charge in [-0.05, 0) is 43.9 Å². The molecule has 4 nitrogen and oxygen atoms in total. The zero-order valence-electron chi connectivity index (χ0n) is 14.6. The summed E-state index contributed by atoms with van der Waals surface area (Å²) >= 11 is 1.69. The molecule has 0 bridgehead atoms. The molecule has 5 heteroatoms. The van der Waals surface area contributed by atoms with Crippen LogP contribution in [0.3, 0.4) is 0 Å². The quantitative estimate of drug-likeness (QED) is 0.896. The van der Waals surface area contributed by atoms with Crippen molar-refractivity contribution < 1.29 is 4.79 Å². The normalized spacial score (nSPS) is 20.7. The molecule has 0 saturated carbocycles. The molecule has 0 spiro atoms. The fraction of sp³-hybridized carbons (Fsp3) is 0.722. The molecule has 0 aromatic carbocycles. The summed E-state index contributed by atoms with van der Waals surface area (Å²) in [6.07, 6.45) is 3.56. The Morgan fingerprint density at radius 3 is 2.65 bits per heavy atom. The zero-order chi connectivity index (χ0) is 16.4. The van der Waals surface area contributed by atoms with E-state index in [1.165, 1.54) is 16.9 Å². The Kier molecular flexibility index (Phi) is 5.39. The van der Waals surface area contributed by atoms with Gasteiger partial charge in [0.1, 0.15) is 0 Å². The number of hydrogen-bond acceptors (Lipinski definition) is 4. The molecule has 128 valence electrons. The number of carbonyl (C=O) groups is 1. The number of likely N-dealkylation sites (N-methyl/N-ethyl adjacent to an activating group) is 1. The van der Waals surface area contributed by atoms with Crippen molar-refractivity contribution in [2.75, 3.05) is 39.8 Å². The number of hydrogen-bond donors (Lipinski definition) is 1. The highest BCUT2D eigenvalue weighted by Crippen LogP contribution is 2.30. The van der Waals surface area contributed by atoms with Crippen LogP contribution in [-0.4, -0.2) is 61.5 Å². The van der Waals surface area contributed by atoms with Crippen molar-refractivity contribution >= 4 is 17.2 Å². The third kappa shape index (κ3) is 3.95. The Morgan fingerprint density at radius 1 is 1.26 bits per heavy atom. The maximum absolute atomic E-state index is 12.5. The van der Waals surface area contributed by atoms with Crippen LogP contribution >= 0.6 is 11.3 Å². The summed E-state index contributed by atoms with van der Waals surface area (Å²) in [5, 5.41) is 3.19. The Bertz CT molecular complexity index is 525. The minimum atomic E-state index is 0.115. The first-order valence-corrected chi connectivity index (χ1v) is 9.68. The van der Waals surface area contributed by atoms with Crippen LogP contribution in [0.4, 0.5) is 0 Å². The molecule has 0 unspecified atom stereocenters. The highest BCUT2D eigenvalue weighted by Gasteiger charge is 2.26. The number of aryl methyl sites for hydroxylation is 2. The lowest BCUT2D eigenvalue weighted by Gasteiger charge is -2.39. The summed E-state index contributed by atoms with van der Waals surface area (Å²) in [7, 11) is 2.18. The first-order valence-electron chi connectivity index (χ1n) is 8.87. The molecule has 1 aliphatic heterocycles. The monoisotopic (exact) mass is 335 g/mol. The van der Waals surface area contributed by atoms with Crippen LogP contribution in [0.1, 0.15) is 40.4 Å². The minimum Gasteiger partial charge on any atom is -0.350 e. The van der Waals surface area contributed by atoms with Gasteiger partial charge in [-0.25, -0.2) is 0 Å². The molecule has 3 rings (SSSR count). The van der Waals surface area contributed by atoms with E-state index in [-0.39, 0.29) is 5.91 Å². The van der Waals surface area contributed by atoms with Crippen LogP contribution in [-0.2, 0) is 12.8 Å². The molecule has 2 aliphatic rings. The van der Waals surface area contributed by atoms with Gasteiger partial charge in [-0.2, -0.15) is 0 Å². The number of rotatable bonds is 5. The summed E-state index contributed by atoms with van der Waals surface area (Å²) in [4.78, 5) is 19.7. The van der Waals surface area contributed by atoms with Crippen LogP contribution in [0.5, 0.6) is 0 Å². The Balaban J connectivity index is 1.56. The number of carbonyl (C=O) groups excluding carboxylic acids is 1. The lowest BCUT2D eigenvalue weighted by Crippen LogP contribution is -2.54. The van der Waals surface area contributed by atoms with Gasteiger partial charge in [0.05, 0.1) is 4.88 Å². The molecule has 1 aromatic heterocycles. The Hall–Kier alpha value is -0.910. The standard InChI is InChI=1S/C18H29N3OS/c1-13(2)15(21-9-7-20(3)8-10-21)12-19-18(22)17-11-14-5-4-6-16(14)23-17/h11,13,15H,4-10,12H2,1-3H3,(H,19,22)/t15-/m0/s1. The Labute approximate surface area is 143 Å². The average molecular weight is 336 g/mol. The van der Waals surface area contributed by atoms with E-state index in [0.717, 1.165) is 50.4 Å². The summed E-state index contributed by atoms with van der Waals surface area (Å²) in [5.74, 6) is 0.663. The summed E-state index contributed by atoms with van der Waals surface area (Å²) in [6, 6.07) is 2.54. The van der Waals surface area contributed by atoms with E-state index in [1.807, 2.05) is 0 Å². The third-order valence-electron chi connectivity index (χ3n) is 5.22. The number of thiophene rings is 1. The van der Waals surface area contributed by atoms with E-state index in [2.05, 4.69) is 42.1 Å². The van der Waals surface area contributed by atoms with Crippen molar-refractivity contribution in [2.45, 2.75) is 39.2 Å². The number of piperazine rings is 1. The van der Waals surface area contributed by atoms with Gasteiger partial charge in [-0.15, -0.1) is 11.3 Å². The molecule has 1 aliphatic carbocycles. The van der Waals surface area contributed by atoms with Gasteiger partial charge in [-0.3, -0.25) is 9.69 Å². The summed E-state index contributed by atoms with van der Waals surface area (Å²) < 4.78 is 0. The van der Waals surface area contributed by atoms with E-state index in [9.17, 15) is 4.79 Å². The molecule has 0 radical (unpaired) electrons. The largest absolute Gasteiger partial charge is 0.350 e. The van der Waals surface area contributed by atoms with Crippen molar-refractivity contribution in [1.29, 1.82) is 0 Å². The number of nitrogens with one attached hydrogen (secondary N) is 1. The third-order valence-corrected chi connectivity index (χ3v) is 6.45. The van der Waals surface area contributed by atoms with Crippen LogP contribution in [0.25, 0.3) is 0 Å². The van der Waals surface area contributed by atoms with Gasteiger partial charge in [-0.1, -0.05) is 13.8 Å². The van der Waals surface area contributed by atoms with Crippen molar-refractivity contribution in [3.63, 3.8) is 0 Å². The first kappa shape index (κ1) is 16.9. The van der Waals surface area contributed by atoms with Crippen LogP contribution in [0.2, 0.25) is 0 Å². The minimum absolute atomic E-state index is 0.115.